The molecule has 1 N–H and O–H groups in total. The molecule has 0 atom stereocenters. The summed E-state index contributed by atoms with van der Waals surface area (Å²) < 4.78 is 7.70. The Labute approximate surface area is 194 Å². The highest BCUT2D eigenvalue weighted by Gasteiger charge is 2.25. The Kier molecular flexibility index (Phi) is 5.07. The molecular weight excluding hydrogens is 447 g/mol. The topological polar surface area (TPSA) is 81.1 Å². The molecule has 2 aromatic carbocycles. The van der Waals surface area contributed by atoms with Gasteiger partial charge in [-0.1, -0.05) is 52.1 Å². The lowest BCUT2D eigenvalue weighted by atomic mass is 9.96. The summed E-state index contributed by atoms with van der Waals surface area (Å²) in [4.78, 5) is 9.29. The highest BCUT2D eigenvalue weighted by atomic mass is 35.5. The van der Waals surface area contributed by atoms with Crippen molar-refractivity contribution in [3.05, 3.63) is 70.0 Å². The molecule has 3 aromatic heterocycles. The SMILES string of the molecule is CNc1nnc(-c2cc(Cl)cc(Cl)c2-c2nc3ncccn3c2-c2ccc(C)cc2C)o1. The lowest BCUT2D eigenvalue weighted by Crippen LogP contribution is -1.95. The zero-order valence-electron chi connectivity index (χ0n) is 17.5. The molecule has 5 aromatic rings. The zero-order valence-corrected chi connectivity index (χ0v) is 19.0. The number of fused-ring (bicyclic) bond motifs is 1. The van der Waals surface area contributed by atoms with Crippen LogP contribution in [0.1, 0.15) is 11.1 Å². The summed E-state index contributed by atoms with van der Waals surface area (Å²) in [6.07, 6.45) is 3.64. The Bertz CT molecular complexity index is 1470. The predicted octanol–water partition coefficient (Wildman–Crippen LogP) is 6.08. The number of halogens is 2. The molecule has 0 aliphatic carbocycles. The van der Waals surface area contributed by atoms with Gasteiger partial charge >= 0.3 is 6.01 Å². The molecule has 5 rings (SSSR count). The molecule has 160 valence electrons. The number of anilines is 1. The minimum atomic E-state index is 0.283. The van der Waals surface area contributed by atoms with Gasteiger partial charge in [-0.25, -0.2) is 9.97 Å². The number of benzene rings is 2. The van der Waals surface area contributed by atoms with Gasteiger partial charge in [-0.15, -0.1) is 5.10 Å². The Hall–Kier alpha value is -3.42. The summed E-state index contributed by atoms with van der Waals surface area (Å²) >= 11 is 13.1. The number of rotatable bonds is 4. The van der Waals surface area contributed by atoms with Gasteiger partial charge in [0, 0.05) is 35.6 Å². The van der Waals surface area contributed by atoms with Crippen LogP contribution in [0.3, 0.4) is 0 Å². The van der Waals surface area contributed by atoms with Crippen LogP contribution in [0.25, 0.3) is 39.7 Å². The molecule has 9 heteroatoms. The van der Waals surface area contributed by atoms with Gasteiger partial charge in [0.2, 0.25) is 5.78 Å². The summed E-state index contributed by atoms with van der Waals surface area (Å²) in [7, 11) is 1.70. The van der Waals surface area contributed by atoms with Crippen LogP contribution in [0.15, 0.2) is 53.2 Å². The number of nitrogens with zero attached hydrogens (tertiary/aromatic N) is 5. The summed E-state index contributed by atoms with van der Waals surface area (Å²) in [6.45, 7) is 4.14. The molecule has 0 aliphatic rings. The van der Waals surface area contributed by atoms with Crippen LogP contribution < -0.4 is 5.32 Å². The van der Waals surface area contributed by atoms with Crippen molar-refractivity contribution in [1.29, 1.82) is 0 Å². The highest BCUT2D eigenvalue weighted by molar-refractivity contribution is 6.37. The van der Waals surface area contributed by atoms with Crippen LogP contribution in [0.5, 0.6) is 0 Å². The van der Waals surface area contributed by atoms with E-state index in [0.717, 1.165) is 16.8 Å². The van der Waals surface area contributed by atoms with Crippen molar-refractivity contribution in [3.8, 4) is 34.0 Å². The summed E-state index contributed by atoms with van der Waals surface area (Å²) in [5, 5.41) is 11.9. The van der Waals surface area contributed by atoms with Crippen LogP contribution >= 0.6 is 23.2 Å². The van der Waals surface area contributed by atoms with E-state index in [1.165, 1.54) is 5.56 Å². The molecule has 32 heavy (non-hydrogen) atoms. The number of hydrogen-bond donors (Lipinski definition) is 1. The van der Waals surface area contributed by atoms with Gasteiger partial charge in [-0.05, 0) is 37.6 Å². The average Bonchev–Trinajstić information content (AvgIpc) is 3.38. The molecule has 0 unspecified atom stereocenters. The molecular formula is C23H18Cl2N6O. The van der Waals surface area contributed by atoms with E-state index >= 15 is 0 Å². The number of hydrogen-bond acceptors (Lipinski definition) is 6. The smallest absolute Gasteiger partial charge is 0.315 e. The maximum absolute atomic E-state index is 6.75. The fourth-order valence-corrected chi connectivity index (χ4v) is 4.40. The quantitative estimate of drug-likeness (QED) is 0.347. The van der Waals surface area contributed by atoms with Crippen LogP contribution in [-0.4, -0.2) is 31.6 Å². The number of aryl methyl sites for hydroxylation is 2. The van der Waals surface area contributed by atoms with E-state index in [0.29, 0.717) is 32.6 Å². The fraction of sp³-hybridized carbons (Fsp3) is 0.130. The van der Waals surface area contributed by atoms with Crippen molar-refractivity contribution in [2.45, 2.75) is 13.8 Å². The number of nitrogens with one attached hydrogen (secondary N) is 1. The van der Waals surface area contributed by atoms with E-state index in [-0.39, 0.29) is 11.9 Å². The third kappa shape index (κ3) is 3.39. The summed E-state index contributed by atoms with van der Waals surface area (Å²) in [5.41, 5.74) is 6.05. The first kappa shape index (κ1) is 20.5. The Morgan fingerprint density at radius 2 is 1.88 bits per heavy atom. The van der Waals surface area contributed by atoms with E-state index < -0.39 is 0 Å². The van der Waals surface area contributed by atoms with Gasteiger partial charge < -0.3 is 9.73 Å². The van der Waals surface area contributed by atoms with Crippen molar-refractivity contribution in [1.82, 2.24) is 24.6 Å². The van der Waals surface area contributed by atoms with Gasteiger partial charge in [0.15, 0.2) is 0 Å². The van der Waals surface area contributed by atoms with E-state index in [1.54, 1.807) is 25.4 Å². The van der Waals surface area contributed by atoms with Gasteiger partial charge in [-0.2, -0.15) is 0 Å². The molecule has 0 amide bonds. The van der Waals surface area contributed by atoms with Crippen molar-refractivity contribution in [2.24, 2.45) is 0 Å². The molecule has 0 spiro atoms. The van der Waals surface area contributed by atoms with E-state index in [9.17, 15) is 0 Å². The van der Waals surface area contributed by atoms with E-state index in [2.05, 4.69) is 52.5 Å². The fourth-order valence-electron chi connectivity index (χ4n) is 3.81. The van der Waals surface area contributed by atoms with Crippen LogP contribution in [0.2, 0.25) is 10.0 Å². The third-order valence-corrected chi connectivity index (χ3v) is 5.72. The van der Waals surface area contributed by atoms with Gasteiger partial charge in [0.1, 0.15) is 5.69 Å². The molecule has 3 heterocycles. The minimum Gasteiger partial charge on any atom is -0.403 e. The number of aromatic nitrogens is 5. The maximum atomic E-state index is 6.75. The first-order chi connectivity index (χ1) is 15.5. The maximum Gasteiger partial charge on any atom is 0.315 e. The van der Waals surface area contributed by atoms with Gasteiger partial charge in [-0.3, -0.25) is 4.40 Å². The van der Waals surface area contributed by atoms with Gasteiger partial charge in [0.05, 0.1) is 16.3 Å². The van der Waals surface area contributed by atoms with Crippen LogP contribution in [0, 0.1) is 13.8 Å². The second-order valence-electron chi connectivity index (χ2n) is 7.39. The first-order valence-corrected chi connectivity index (χ1v) is 10.6. The molecule has 0 saturated heterocycles. The standard InChI is InChI=1S/C23H18Cl2N6O/c1-12-5-6-15(13(2)9-12)20-19(28-22-27-7-4-8-31(20)22)18-16(10-14(24)11-17(18)25)21-29-30-23(26-3)32-21/h4-11H,1-3H3,(H,26,30). The monoisotopic (exact) mass is 464 g/mol. The second-order valence-corrected chi connectivity index (χ2v) is 8.23. The normalized spacial score (nSPS) is 11.3. The van der Waals surface area contributed by atoms with Crippen molar-refractivity contribution >= 4 is 35.0 Å². The predicted molar refractivity (Wildman–Crippen MR) is 126 cm³/mol. The van der Waals surface area contributed by atoms with Gasteiger partial charge in [0.25, 0.3) is 5.89 Å². The molecule has 0 bridgehead atoms. The molecule has 7 nitrogen and oxygen atoms in total. The summed E-state index contributed by atoms with van der Waals surface area (Å²) in [6, 6.07) is 11.9. The van der Waals surface area contributed by atoms with Crippen LogP contribution in [0.4, 0.5) is 6.01 Å². The lowest BCUT2D eigenvalue weighted by molar-refractivity contribution is 0.585. The number of imidazole rings is 1. The first-order valence-electron chi connectivity index (χ1n) is 9.88. The Morgan fingerprint density at radius 1 is 1.03 bits per heavy atom. The average molecular weight is 465 g/mol. The lowest BCUT2D eigenvalue weighted by Gasteiger charge is -2.13. The Balaban J connectivity index is 1.87. The van der Waals surface area contributed by atoms with Crippen LogP contribution in [-0.2, 0) is 0 Å². The molecule has 0 fully saturated rings. The second kappa shape index (κ2) is 7.93. The molecule has 0 radical (unpaired) electrons. The van der Waals surface area contributed by atoms with Crippen molar-refractivity contribution in [3.63, 3.8) is 0 Å². The zero-order chi connectivity index (χ0) is 22.4. The van der Waals surface area contributed by atoms with E-state index in [4.69, 9.17) is 32.6 Å². The highest BCUT2D eigenvalue weighted by Crippen LogP contribution is 2.44. The Morgan fingerprint density at radius 3 is 2.62 bits per heavy atom. The molecule has 0 aliphatic heterocycles. The van der Waals surface area contributed by atoms with E-state index in [1.807, 2.05) is 16.7 Å². The largest absolute Gasteiger partial charge is 0.403 e. The summed E-state index contributed by atoms with van der Waals surface area (Å²) in [5.74, 6) is 0.834. The third-order valence-electron chi connectivity index (χ3n) is 5.20. The minimum absolute atomic E-state index is 0.283. The molecule has 0 saturated carbocycles. The van der Waals surface area contributed by atoms with Crippen molar-refractivity contribution < 1.29 is 4.42 Å². The van der Waals surface area contributed by atoms with Crippen molar-refractivity contribution in [2.75, 3.05) is 12.4 Å².